The molecule has 202 valence electrons. The summed E-state index contributed by atoms with van der Waals surface area (Å²) < 4.78 is 26.7. The van der Waals surface area contributed by atoms with Crippen molar-refractivity contribution in [3.63, 3.8) is 0 Å². The predicted molar refractivity (Wildman–Crippen MR) is 155 cm³/mol. The molecule has 0 aromatic heterocycles. The zero-order chi connectivity index (χ0) is 25.8. The molecule has 1 aromatic carbocycles. The second kappa shape index (κ2) is 10.00. The minimum atomic E-state index is -2.04. The number of ether oxygens (including phenoxy) is 3. The highest BCUT2D eigenvalue weighted by Crippen LogP contribution is 2.66. The Balaban J connectivity index is 1.61. The number of hydrogen-bond acceptors (Lipinski definition) is 6. The van der Waals surface area contributed by atoms with E-state index in [0.29, 0.717) is 30.3 Å². The fraction of sp³-hybridized carbons (Fsp3) is 0.793. The number of rotatable bonds is 6. The maximum absolute atomic E-state index is 7.15. The second-order valence-electron chi connectivity index (χ2n) is 12.8. The van der Waals surface area contributed by atoms with Gasteiger partial charge in [0.2, 0.25) is 12.6 Å². The molecule has 0 radical (unpaired) electrons. The number of aryl methyl sites for hydroxylation is 1. The Morgan fingerprint density at radius 3 is 2.53 bits per heavy atom. The van der Waals surface area contributed by atoms with Gasteiger partial charge in [-0.2, -0.15) is 0 Å². The van der Waals surface area contributed by atoms with Crippen molar-refractivity contribution in [2.45, 2.75) is 119 Å². The average molecular weight is 551 g/mol. The highest BCUT2D eigenvalue weighted by atomic mass is 32.2. The Morgan fingerprint density at radius 1 is 1.14 bits per heavy atom. The molecule has 4 atom stereocenters. The molecule has 1 aliphatic carbocycles. The molecule has 36 heavy (non-hydrogen) atoms. The minimum Gasteiger partial charge on any atom is -0.543 e. The van der Waals surface area contributed by atoms with E-state index >= 15 is 0 Å². The lowest BCUT2D eigenvalue weighted by atomic mass is 9.71. The van der Waals surface area contributed by atoms with Gasteiger partial charge in [0.05, 0.1) is 13.2 Å². The van der Waals surface area contributed by atoms with Crippen LogP contribution in [0.3, 0.4) is 0 Å². The molecule has 3 fully saturated rings. The molecule has 3 aliphatic heterocycles. The Hall–Kier alpha value is -0.343. The first-order valence-corrected chi connectivity index (χ1v) is 18.9. The summed E-state index contributed by atoms with van der Waals surface area (Å²) in [4.78, 5) is 0. The van der Waals surface area contributed by atoms with Gasteiger partial charge < -0.3 is 18.6 Å². The van der Waals surface area contributed by atoms with Crippen LogP contribution in [-0.4, -0.2) is 42.6 Å². The lowest BCUT2D eigenvalue weighted by Crippen LogP contribution is -2.50. The molecule has 7 heteroatoms. The number of unbranched alkanes of at least 4 members (excludes halogenated alkanes) is 2. The van der Waals surface area contributed by atoms with Crippen molar-refractivity contribution in [2.75, 3.05) is 19.0 Å². The van der Waals surface area contributed by atoms with Gasteiger partial charge in [-0.3, -0.25) is 0 Å². The highest BCUT2D eigenvalue weighted by molar-refractivity contribution is 8.21. The van der Waals surface area contributed by atoms with E-state index in [-0.39, 0.29) is 9.30 Å². The average Bonchev–Trinajstić information content (AvgIpc) is 3.39. The second-order valence-corrected chi connectivity index (χ2v) is 20.7. The third-order valence-electron chi connectivity index (χ3n) is 9.03. The normalized spacial score (nSPS) is 31.4. The highest BCUT2D eigenvalue weighted by Gasteiger charge is 2.60. The lowest BCUT2D eigenvalue weighted by molar-refractivity contribution is -0.192. The van der Waals surface area contributed by atoms with Crippen molar-refractivity contribution in [3.8, 4) is 11.5 Å². The van der Waals surface area contributed by atoms with Gasteiger partial charge in [-0.15, -0.1) is 11.8 Å². The van der Waals surface area contributed by atoms with Crippen molar-refractivity contribution in [3.05, 3.63) is 23.3 Å². The third kappa shape index (κ3) is 5.01. The molecule has 4 aliphatic rings. The Kier molecular flexibility index (Phi) is 7.56. The van der Waals surface area contributed by atoms with Crippen LogP contribution in [0.25, 0.3) is 0 Å². The Labute approximate surface area is 228 Å². The summed E-state index contributed by atoms with van der Waals surface area (Å²) in [6.07, 6.45) is 7.69. The molecule has 2 unspecified atom stereocenters. The van der Waals surface area contributed by atoms with Crippen molar-refractivity contribution in [1.82, 2.24) is 0 Å². The van der Waals surface area contributed by atoms with E-state index in [2.05, 4.69) is 59.8 Å². The SMILES string of the molecule is CCCCCc1cc2c(c(O[Si](C)(C)C(C)(C)C)c1)[C@H]1CC3(CC[C@H]1C1(O2)SCC(C)S1)OCCO3. The molecule has 0 amide bonds. The molecule has 4 nitrogen and oxygen atoms in total. The van der Waals surface area contributed by atoms with Gasteiger partial charge in [-0.1, -0.05) is 59.2 Å². The minimum absolute atomic E-state index is 0.131. The smallest absolute Gasteiger partial charge is 0.250 e. The number of fused-ring (bicyclic) bond motifs is 4. The van der Waals surface area contributed by atoms with Gasteiger partial charge >= 0.3 is 0 Å². The van der Waals surface area contributed by atoms with Crippen LogP contribution in [-0.2, 0) is 15.9 Å². The van der Waals surface area contributed by atoms with Crippen molar-refractivity contribution in [1.29, 1.82) is 0 Å². The van der Waals surface area contributed by atoms with Crippen molar-refractivity contribution >= 4 is 31.8 Å². The van der Waals surface area contributed by atoms with Gasteiger partial charge in [-0.05, 0) is 55.1 Å². The number of thioether (sulfide) groups is 2. The molecule has 2 saturated heterocycles. The largest absolute Gasteiger partial charge is 0.543 e. The number of hydrogen-bond donors (Lipinski definition) is 0. The van der Waals surface area contributed by atoms with Crippen LogP contribution in [0.4, 0.5) is 0 Å². The molecule has 1 saturated carbocycles. The molecule has 3 heterocycles. The van der Waals surface area contributed by atoms with E-state index < -0.39 is 14.1 Å². The van der Waals surface area contributed by atoms with Crippen LogP contribution in [0.1, 0.15) is 90.2 Å². The monoisotopic (exact) mass is 550 g/mol. The summed E-state index contributed by atoms with van der Waals surface area (Å²) in [5.41, 5.74) is 2.64. The summed E-state index contributed by atoms with van der Waals surface area (Å²) in [7, 11) is -2.04. The van der Waals surface area contributed by atoms with Crippen molar-refractivity contribution < 1.29 is 18.6 Å². The zero-order valence-electron chi connectivity index (χ0n) is 23.4. The van der Waals surface area contributed by atoms with E-state index in [1.54, 1.807) is 0 Å². The fourth-order valence-corrected chi connectivity index (χ4v) is 10.8. The zero-order valence-corrected chi connectivity index (χ0v) is 26.0. The molecular formula is C29H46O4S2Si. The topological polar surface area (TPSA) is 36.9 Å². The van der Waals surface area contributed by atoms with Gasteiger partial charge in [0.25, 0.3) is 0 Å². The first-order chi connectivity index (χ1) is 17.0. The summed E-state index contributed by atoms with van der Waals surface area (Å²) in [6.45, 7) is 17.7. The quantitative estimate of drug-likeness (QED) is 0.262. The summed E-state index contributed by atoms with van der Waals surface area (Å²) in [5, 5.41) is 0.731. The first kappa shape index (κ1) is 27.2. The van der Waals surface area contributed by atoms with Crippen LogP contribution in [0.15, 0.2) is 12.1 Å². The van der Waals surface area contributed by atoms with E-state index in [1.165, 1.54) is 30.4 Å². The number of benzene rings is 1. The molecule has 1 aromatic rings. The first-order valence-electron chi connectivity index (χ1n) is 14.1. The maximum atomic E-state index is 7.15. The van der Waals surface area contributed by atoms with Crippen LogP contribution < -0.4 is 9.16 Å². The molecule has 5 rings (SSSR count). The summed E-state index contributed by atoms with van der Waals surface area (Å²) >= 11 is 4.08. The predicted octanol–water partition coefficient (Wildman–Crippen LogP) is 8.34. The molecule has 2 spiro atoms. The van der Waals surface area contributed by atoms with Gasteiger partial charge in [0.1, 0.15) is 11.5 Å². The van der Waals surface area contributed by atoms with Gasteiger partial charge in [0.15, 0.2) is 5.79 Å². The van der Waals surface area contributed by atoms with Crippen LogP contribution >= 0.6 is 23.5 Å². The van der Waals surface area contributed by atoms with Crippen LogP contribution in [0, 0.1) is 5.92 Å². The van der Waals surface area contributed by atoms with Crippen LogP contribution in [0.5, 0.6) is 11.5 Å². The molecule has 0 N–H and O–H groups in total. The van der Waals surface area contributed by atoms with Crippen LogP contribution in [0.2, 0.25) is 18.1 Å². The third-order valence-corrected chi connectivity index (χ3v) is 17.0. The fourth-order valence-electron chi connectivity index (χ4n) is 6.04. The van der Waals surface area contributed by atoms with E-state index in [0.717, 1.165) is 42.9 Å². The van der Waals surface area contributed by atoms with E-state index in [9.17, 15) is 0 Å². The standard InChI is InChI=1S/C29H46O4S2Si/c1-8-9-10-11-21-16-24-26(25(17-21)33-36(6,7)27(3,4)5)22-18-28(30-14-15-31-28)13-12-23(22)29(32-24)34-19-20(2)35-29/h16-17,20,22-23H,8-15,18-19H2,1-7H3/t20?,22-,23+,29?/m0/s1. The van der Waals surface area contributed by atoms with Crippen molar-refractivity contribution in [2.24, 2.45) is 5.92 Å². The lowest BCUT2D eigenvalue weighted by Gasteiger charge is -2.51. The van der Waals surface area contributed by atoms with Gasteiger partial charge in [0, 0.05) is 41.2 Å². The molecule has 0 bridgehead atoms. The Bertz CT molecular complexity index is 955. The van der Waals surface area contributed by atoms with E-state index in [4.69, 9.17) is 18.6 Å². The summed E-state index contributed by atoms with van der Waals surface area (Å²) in [5.74, 6) is 3.58. The Morgan fingerprint density at radius 2 is 1.89 bits per heavy atom. The molecular weight excluding hydrogens is 505 g/mol. The van der Waals surface area contributed by atoms with E-state index in [1.807, 2.05) is 23.5 Å². The summed E-state index contributed by atoms with van der Waals surface area (Å²) in [6, 6.07) is 4.71. The maximum Gasteiger partial charge on any atom is 0.250 e. The van der Waals surface area contributed by atoms with Gasteiger partial charge in [-0.25, -0.2) is 0 Å².